The van der Waals surface area contributed by atoms with Gasteiger partial charge in [0.25, 0.3) is 10.0 Å². The summed E-state index contributed by atoms with van der Waals surface area (Å²) in [7, 11) is -3.53. The molecule has 19 heavy (non-hydrogen) atoms. The fourth-order valence-corrected chi connectivity index (χ4v) is 3.34. The summed E-state index contributed by atoms with van der Waals surface area (Å²) in [6, 6.07) is 7.74. The number of imidazole rings is 1. The monoisotopic (exact) mass is 278 g/mol. The van der Waals surface area contributed by atoms with E-state index in [0.717, 1.165) is 11.3 Å². The number of aromatic nitrogens is 2. The van der Waals surface area contributed by atoms with E-state index >= 15 is 0 Å². The molecule has 1 aromatic heterocycles. The first-order valence-corrected chi connectivity index (χ1v) is 7.46. The molecule has 100 valence electrons. The molecular weight excluding hydrogens is 264 g/mol. The molecule has 6 nitrogen and oxygen atoms in total. The van der Waals surface area contributed by atoms with E-state index in [9.17, 15) is 8.42 Å². The summed E-state index contributed by atoms with van der Waals surface area (Å²) in [6.07, 6.45) is 3.33. The van der Waals surface area contributed by atoms with E-state index in [1.807, 2.05) is 24.3 Å². The van der Waals surface area contributed by atoms with E-state index < -0.39 is 10.0 Å². The number of benzene rings is 1. The molecule has 1 atom stereocenters. The molecule has 2 aromatic rings. The summed E-state index contributed by atoms with van der Waals surface area (Å²) in [4.78, 5) is 6.33. The molecule has 1 aromatic carbocycles. The Labute approximate surface area is 111 Å². The molecule has 0 radical (unpaired) electrons. The lowest BCUT2D eigenvalue weighted by Crippen LogP contribution is -2.43. The Balaban J connectivity index is 1.76. The van der Waals surface area contributed by atoms with Crippen LogP contribution in [-0.4, -0.2) is 31.0 Å². The Bertz CT molecular complexity index is 667. The van der Waals surface area contributed by atoms with Gasteiger partial charge in [-0.05, 0) is 18.1 Å². The van der Waals surface area contributed by atoms with Crippen molar-refractivity contribution in [1.82, 2.24) is 14.7 Å². The second-order valence-corrected chi connectivity index (χ2v) is 6.16. The Morgan fingerprint density at radius 1 is 1.32 bits per heavy atom. The van der Waals surface area contributed by atoms with Crippen LogP contribution in [0.3, 0.4) is 0 Å². The number of H-pyrrole nitrogens is 1. The molecule has 0 saturated carbocycles. The van der Waals surface area contributed by atoms with E-state index in [4.69, 9.17) is 0 Å². The van der Waals surface area contributed by atoms with Gasteiger partial charge in [-0.15, -0.1) is 0 Å². The number of hydrogen-bond acceptors (Lipinski definition) is 4. The first-order valence-electron chi connectivity index (χ1n) is 5.97. The number of para-hydroxylation sites is 1. The molecule has 1 unspecified atom stereocenters. The van der Waals surface area contributed by atoms with Crippen LogP contribution < -0.4 is 10.0 Å². The van der Waals surface area contributed by atoms with Crippen molar-refractivity contribution in [3.8, 4) is 0 Å². The minimum Gasteiger partial charge on any atom is -0.383 e. The van der Waals surface area contributed by atoms with Crippen LogP contribution in [0, 0.1) is 0 Å². The second kappa shape index (κ2) is 4.67. The topological polar surface area (TPSA) is 86.9 Å². The predicted molar refractivity (Wildman–Crippen MR) is 71.3 cm³/mol. The quantitative estimate of drug-likeness (QED) is 0.772. The third-order valence-corrected chi connectivity index (χ3v) is 4.55. The number of rotatable bonds is 3. The molecule has 1 aliphatic heterocycles. The predicted octanol–water partition coefficient (Wildman–Crippen LogP) is 0.725. The molecule has 1 aliphatic rings. The minimum absolute atomic E-state index is 0.0892. The highest BCUT2D eigenvalue weighted by Gasteiger charge is 2.24. The molecule has 7 heteroatoms. The van der Waals surface area contributed by atoms with Crippen molar-refractivity contribution in [2.24, 2.45) is 0 Å². The highest BCUT2D eigenvalue weighted by Crippen LogP contribution is 2.21. The maximum absolute atomic E-state index is 12.1. The van der Waals surface area contributed by atoms with Gasteiger partial charge >= 0.3 is 0 Å². The SMILES string of the molecule is O=S(=O)(NC1CNc2ccccc2C1)c1cnc[nH]1. The van der Waals surface area contributed by atoms with Crippen LogP contribution >= 0.6 is 0 Å². The first kappa shape index (κ1) is 12.2. The lowest BCUT2D eigenvalue weighted by atomic mass is 10.0. The van der Waals surface area contributed by atoms with E-state index in [2.05, 4.69) is 20.0 Å². The molecule has 0 aliphatic carbocycles. The minimum atomic E-state index is -3.53. The Kier molecular flexibility index (Phi) is 3.00. The Morgan fingerprint density at radius 3 is 2.95 bits per heavy atom. The molecular formula is C12H14N4O2S. The molecule has 2 heterocycles. The largest absolute Gasteiger partial charge is 0.383 e. The van der Waals surface area contributed by atoms with Gasteiger partial charge < -0.3 is 10.3 Å². The Morgan fingerprint density at radius 2 is 2.16 bits per heavy atom. The third kappa shape index (κ3) is 2.47. The van der Waals surface area contributed by atoms with Crippen molar-refractivity contribution in [3.05, 3.63) is 42.4 Å². The maximum Gasteiger partial charge on any atom is 0.257 e. The zero-order chi connectivity index (χ0) is 13.3. The maximum atomic E-state index is 12.1. The van der Waals surface area contributed by atoms with Crippen LogP contribution in [0.25, 0.3) is 0 Å². The van der Waals surface area contributed by atoms with E-state index in [-0.39, 0.29) is 11.1 Å². The zero-order valence-electron chi connectivity index (χ0n) is 10.1. The second-order valence-electron chi connectivity index (χ2n) is 4.48. The highest BCUT2D eigenvalue weighted by molar-refractivity contribution is 7.89. The van der Waals surface area contributed by atoms with E-state index in [1.165, 1.54) is 12.5 Å². The van der Waals surface area contributed by atoms with Gasteiger partial charge in [-0.3, -0.25) is 0 Å². The van der Waals surface area contributed by atoms with Crippen LogP contribution in [-0.2, 0) is 16.4 Å². The van der Waals surface area contributed by atoms with Crippen molar-refractivity contribution in [2.75, 3.05) is 11.9 Å². The van der Waals surface area contributed by atoms with Gasteiger partial charge in [0.15, 0.2) is 5.03 Å². The van der Waals surface area contributed by atoms with Crippen LogP contribution in [0.15, 0.2) is 41.8 Å². The molecule has 3 N–H and O–H groups in total. The summed E-state index contributed by atoms with van der Waals surface area (Å²) >= 11 is 0. The summed E-state index contributed by atoms with van der Waals surface area (Å²) < 4.78 is 26.8. The van der Waals surface area contributed by atoms with Gasteiger partial charge in [0.05, 0.1) is 12.5 Å². The van der Waals surface area contributed by atoms with Gasteiger partial charge in [-0.2, -0.15) is 0 Å². The average molecular weight is 278 g/mol. The van der Waals surface area contributed by atoms with E-state index in [1.54, 1.807) is 0 Å². The van der Waals surface area contributed by atoms with Gasteiger partial charge in [0, 0.05) is 18.3 Å². The summed E-state index contributed by atoms with van der Waals surface area (Å²) in [6.45, 7) is 0.574. The fourth-order valence-electron chi connectivity index (χ4n) is 2.20. The molecule has 0 spiro atoms. The number of anilines is 1. The lowest BCUT2D eigenvalue weighted by Gasteiger charge is -2.26. The number of fused-ring (bicyclic) bond motifs is 1. The van der Waals surface area contributed by atoms with Crippen molar-refractivity contribution < 1.29 is 8.42 Å². The number of nitrogens with one attached hydrogen (secondary N) is 3. The van der Waals surface area contributed by atoms with E-state index in [0.29, 0.717) is 13.0 Å². The summed E-state index contributed by atoms with van der Waals surface area (Å²) in [5.74, 6) is 0. The van der Waals surface area contributed by atoms with Gasteiger partial charge in [0.2, 0.25) is 0 Å². The van der Waals surface area contributed by atoms with Gasteiger partial charge in [0.1, 0.15) is 0 Å². The Hall–Kier alpha value is -1.86. The van der Waals surface area contributed by atoms with Gasteiger partial charge in [-0.25, -0.2) is 18.1 Å². The fraction of sp³-hybridized carbons (Fsp3) is 0.250. The highest BCUT2D eigenvalue weighted by atomic mass is 32.2. The molecule has 0 amide bonds. The summed E-state index contributed by atoms with van der Waals surface area (Å²) in [5.41, 5.74) is 2.19. The number of aromatic amines is 1. The van der Waals surface area contributed by atoms with Gasteiger partial charge in [-0.1, -0.05) is 18.2 Å². The molecule has 0 saturated heterocycles. The normalized spacial score (nSPS) is 18.6. The lowest BCUT2D eigenvalue weighted by molar-refractivity contribution is 0.546. The van der Waals surface area contributed by atoms with Crippen LogP contribution in [0.1, 0.15) is 5.56 Å². The van der Waals surface area contributed by atoms with Crippen LogP contribution in [0.5, 0.6) is 0 Å². The van der Waals surface area contributed by atoms with Crippen molar-refractivity contribution >= 4 is 15.7 Å². The first-order chi connectivity index (χ1) is 9.15. The van der Waals surface area contributed by atoms with Crippen molar-refractivity contribution in [2.45, 2.75) is 17.5 Å². The standard InChI is InChI=1S/C12H14N4O2S/c17-19(18,12-7-13-8-15-12)16-10-5-9-3-1-2-4-11(9)14-6-10/h1-4,7-8,10,14,16H,5-6H2,(H,13,15). The van der Waals surface area contributed by atoms with Crippen LogP contribution in [0.2, 0.25) is 0 Å². The molecule has 0 fully saturated rings. The molecule has 3 rings (SSSR count). The van der Waals surface area contributed by atoms with Crippen molar-refractivity contribution in [1.29, 1.82) is 0 Å². The smallest absolute Gasteiger partial charge is 0.257 e. The van der Waals surface area contributed by atoms with Crippen molar-refractivity contribution in [3.63, 3.8) is 0 Å². The third-order valence-electron chi connectivity index (χ3n) is 3.11. The average Bonchev–Trinajstić information content (AvgIpc) is 2.93. The zero-order valence-corrected chi connectivity index (χ0v) is 10.9. The number of sulfonamides is 1. The molecule has 0 bridgehead atoms. The van der Waals surface area contributed by atoms with Crippen LogP contribution in [0.4, 0.5) is 5.69 Å². The number of nitrogens with zero attached hydrogens (tertiary/aromatic N) is 1. The number of hydrogen-bond donors (Lipinski definition) is 3. The summed E-state index contributed by atoms with van der Waals surface area (Å²) in [5, 5.41) is 3.32.